The molecule has 0 aromatic heterocycles. The number of benzene rings is 1. The summed E-state index contributed by atoms with van der Waals surface area (Å²) in [5.74, 6) is -0.205. The number of nitrogens with one attached hydrogen (secondary N) is 2. The third-order valence-electron chi connectivity index (χ3n) is 5.07. The molecule has 1 amide bonds. The molecule has 0 bridgehead atoms. The van der Waals surface area contributed by atoms with Crippen LogP contribution in [-0.2, 0) is 14.8 Å². The maximum atomic E-state index is 13.3. The van der Waals surface area contributed by atoms with Gasteiger partial charge in [-0.05, 0) is 50.0 Å². The number of amides is 1. The zero-order valence-electron chi connectivity index (χ0n) is 14.2. The van der Waals surface area contributed by atoms with Gasteiger partial charge in [0, 0.05) is 25.0 Å². The van der Waals surface area contributed by atoms with Gasteiger partial charge in [-0.25, -0.2) is 17.5 Å². The molecule has 138 valence electrons. The summed E-state index contributed by atoms with van der Waals surface area (Å²) in [6.45, 7) is 4.67. The zero-order chi connectivity index (χ0) is 18.0. The molecule has 2 aliphatic heterocycles. The van der Waals surface area contributed by atoms with Crippen LogP contribution in [0.2, 0.25) is 0 Å². The minimum Gasteiger partial charge on any atom is -0.341 e. The van der Waals surface area contributed by atoms with E-state index >= 15 is 0 Å². The molecule has 6 nitrogen and oxygen atoms in total. The number of carbonyl (C=O) groups excluding carboxylic acids is 1. The summed E-state index contributed by atoms with van der Waals surface area (Å²) >= 11 is 0. The van der Waals surface area contributed by atoms with E-state index in [1.807, 2.05) is 6.92 Å². The number of rotatable bonds is 5. The lowest BCUT2D eigenvalue weighted by Crippen LogP contribution is -2.54. The molecule has 2 heterocycles. The molecule has 2 saturated heterocycles. The van der Waals surface area contributed by atoms with Crippen molar-refractivity contribution in [3.8, 4) is 0 Å². The van der Waals surface area contributed by atoms with Gasteiger partial charge < -0.3 is 10.2 Å². The van der Waals surface area contributed by atoms with Crippen molar-refractivity contribution in [3.63, 3.8) is 0 Å². The van der Waals surface area contributed by atoms with Crippen LogP contribution in [0, 0.1) is 17.7 Å². The minimum atomic E-state index is -3.80. The topological polar surface area (TPSA) is 78.5 Å². The summed E-state index contributed by atoms with van der Waals surface area (Å²) in [5.41, 5.74) is 0. The molecule has 0 spiro atoms. The van der Waals surface area contributed by atoms with E-state index in [1.54, 1.807) is 4.90 Å². The van der Waals surface area contributed by atoms with Gasteiger partial charge in [0.2, 0.25) is 15.9 Å². The molecule has 0 aliphatic carbocycles. The standard InChI is InChI=1S/C17H24FN3O3S/c1-12(13-9-19-10-13)17(22)21-7-3-5-15(11-21)20-25(23,24)16-6-2-4-14(18)8-16/h2,4,6,8,12-13,15,19-20H,3,5,7,9-11H2,1H3. The van der Waals surface area contributed by atoms with E-state index in [2.05, 4.69) is 10.0 Å². The summed E-state index contributed by atoms with van der Waals surface area (Å²) in [6, 6.07) is 4.59. The number of likely N-dealkylation sites (tertiary alicyclic amines) is 1. The van der Waals surface area contributed by atoms with Crippen molar-refractivity contribution in [1.29, 1.82) is 0 Å². The first kappa shape index (κ1) is 18.3. The van der Waals surface area contributed by atoms with E-state index < -0.39 is 15.8 Å². The van der Waals surface area contributed by atoms with Crippen LogP contribution in [0.25, 0.3) is 0 Å². The SMILES string of the molecule is CC(C(=O)N1CCCC(NS(=O)(=O)c2cccc(F)c2)C1)C1CNC1. The van der Waals surface area contributed by atoms with Crippen molar-refractivity contribution in [2.24, 2.45) is 11.8 Å². The van der Waals surface area contributed by atoms with Crippen LogP contribution in [0.1, 0.15) is 19.8 Å². The Labute approximate surface area is 147 Å². The summed E-state index contributed by atoms with van der Waals surface area (Å²) in [5, 5.41) is 3.17. The normalized spacial score (nSPS) is 23.1. The maximum Gasteiger partial charge on any atom is 0.240 e. The average molecular weight is 369 g/mol. The van der Waals surface area contributed by atoms with E-state index in [0.717, 1.165) is 25.6 Å². The second-order valence-electron chi connectivity index (χ2n) is 6.91. The quantitative estimate of drug-likeness (QED) is 0.810. The average Bonchev–Trinajstić information content (AvgIpc) is 2.52. The van der Waals surface area contributed by atoms with Gasteiger partial charge >= 0.3 is 0 Å². The molecule has 2 fully saturated rings. The van der Waals surface area contributed by atoms with Crippen molar-refractivity contribution in [3.05, 3.63) is 30.1 Å². The fourth-order valence-corrected chi connectivity index (χ4v) is 4.64. The predicted octanol–water partition coefficient (Wildman–Crippen LogP) is 0.950. The van der Waals surface area contributed by atoms with Crippen molar-refractivity contribution in [2.75, 3.05) is 26.2 Å². The summed E-state index contributed by atoms with van der Waals surface area (Å²) in [7, 11) is -3.80. The molecule has 8 heteroatoms. The Bertz CT molecular complexity index is 736. The number of halogens is 1. The highest BCUT2D eigenvalue weighted by Gasteiger charge is 2.34. The predicted molar refractivity (Wildman–Crippen MR) is 91.8 cm³/mol. The van der Waals surface area contributed by atoms with Crippen molar-refractivity contribution in [2.45, 2.75) is 30.7 Å². The second kappa shape index (κ2) is 7.39. The van der Waals surface area contributed by atoms with Crippen LogP contribution in [0.3, 0.4) is 0 Å². The number of hydrogen-bond acceptors (Lipinski definition) is 4. The highest BCUT2D eigenvalue weighted by molar-refractivity contribution is 7.89. The van der Waals surface area contributed by atoms with E-state index in [1.165, 1.54) is 18.2 Å². The summed E-state index contributed by atoms with van der Waals surface area (Å²) < 4.78 is 40.8. The molecule has 2 unspecified atom stereocenters. The lowest BCUT2D eigenvalue weighted by Gasteiger charge is -2.38. The Hall–Kier alpha value is -1.51. The molecule has 3 rings (SSSR count). The molecule has 25 heavy (non-hydrogen) atoms. The highest BCUT2D eigenvalue weighted by Crippen LogP contribution is 2.22. The largest absolute Gasteiger partial charge is 0.341 e. The van der Waals surface area contributed by atoms with Gasteiger partial charge in [0.05, 0.1) is 4.90 Å². The van der Waals surface area contributed by atoms with Crippen molar-refractivity contribution in [1.82, 2.24) is 14.9 Å². The molecular weight excluding hydrogens is 345 g/mol. The van der Waals surface area contributed by atoms with Gasteiger partial charge in [-0.2, -0.15) is 0 Å². The van der Waals surface area contributed by atoms with Gasteiger partial charge in [0.25, 0.3) is 0 Å². The van der Waals surface area contributed by atoms with Crippen LogP contribution < -0.4 is 10.0 Å². The van der Waals surface area contributed by atoms with Gasteiger partial charge in [-0.15, -0.1) is 0 Å². The third-order valence-corrected chi connectivity index (χ3v) is 6.59. The third kappa shape index (κ3) is 4.19. The first-order chi connectivity index (χ1) is 11.9. The summed E-state index contributed by atoms with van der Waals surface area (Å²) in [4.78, 5) is 14.3. The number of carbonyl (C=O) groups is 1. The zero-order valence-corrected chi connectivity index (χ0v) is 15.1. The Morgan fingerprint density at radius 3 is 2.80 bits per heavy atom. The Morgan fingerprint density at radius 2 is 2.16 bits per heavy atom. The molecule has 0 radical (unpaired) electrons. The van der Waals surface area contributed by atoms with Gasteiger partial charge in [-0.1, -0.05) is 13.0 Å². The molecule has 1 aromatic carbocycles. The monoisotopic (exact) mass is 369 g/mol. The van der Waals surface area contributed by atoms with E-state index in [0.29, 0.717) is 25.4 Å². The van der Waals surface area contributed by atoms with Crippen LogP contribution in [0.15, 0.2) is 29.2 Å². The lowest BCUT2D eigenvalue weighted by molar-refractivity contribution is -0.138. The Kier molecular flexibility index (Phi) is 5.41. The second-order valence-corrected chi connectivity index (χ2v) is 8.62. The maximum absolute atomic E-state index is 13.3. The number of hydrogen-bond donors (Lipinski definition) is 2. The van der Waals surface area contributed by atoms with Crippen LogP contribution in [-0.4, -0.2) is 51.4 Å². The van der Waals surface area contributed by atoms with E-state index in [4.69, 9.17) is 0 Å². The number of piperidine rings is 1. The van der Waals surface area contributed by atoms with Crippen LogP contribution in [0.4, 0.5) is 4.39 Å². The summed E-state index contributed by atoms with van der Waals surface area (Å²) in [6.07, 6.45) is 1.41. The number of sulfonamides is 1. The number of nitrogens with zero attached hydrogens (tertiary/aromatic N) is 1. The molecular formula is C17H24FN3O3S. The molecule has 2 N–H and O–H groups in total. The first-order valence-corrected chi connectivity index (χ1v) is 10.1. The first-order valence-electron chi connectivity index (χ1n) is 8.64. The molecule has 0 saturated carbocycles. The van der Waals surface area contributed by atoms with Crippen molar-refractivity contribution < 1.29 is 17.6 Å². The van der Waals surface area contributed by atoms with Gasteiger partial charge in [-0.3, -0.25) is 4.79 Å². The minimum absolute atomic E-state index is 0.0557. The fourth-order valence-electron chi connectivity index (χ4n) is 3.35. The smallest absolute Gasteiger partial charge is 0.240 e. The molecule has 2 aliphatic rings. The highest BCUT2D eigenvalue weighted by atomic mass is 32.2. The molecule has 1 aromatic rings. The Balaban J connectivity index is 1.64. The van der Waals surface area contributed by atoms with Crippen LogP contribution in [0.5, 0.6) is 0 Å². The molecule has 2 atom stereocenters. The van der Waals surface area contributed by atoms with Gasteiger partial charge in [0.1, 0.15) is 5.82 Å². The van der Waals surface area contributed by atoms with Crippen LogP contribution >= 0.6 is 0 Å². The lowest BCUT2D eigenvalue weighted by atomic mass is 9.87. The van der Waals surface area contributed by atoms with E-state index in [9.17, 15) is 17.6 Å². The Morgan fingerprint density at radius 1 is 1.40 bits per heavy atom. The fraction of sp³-hybridized carbons (Fsp3) is 0.588. The van der Waals surface area contributed by atoms with Gasteiger partial charge in [0.15, 0.2) is 0 Å². The van der Waals surface area contributed by atoms with E-state index in [-0.39, 0.29) is 22.8 Å². The van der Waals surface area contributed by atoms with Crippen molar-refractivity contribution >= 4 is 15.9 Å².